The van der Waals surface area contributed by atoms with Crippen LogP contribution in [0.4, 0.5) is 10.1 Å². The number of hydrogen-bond donors (Lipinski definition) is 1. The highest BCUT2D eigenvalue weighted by Gasteiger charge is 2.33. The maximum atomic E-state index is 14.9. The number of nitrogens with one attached hydrogen (secondary N) is 1. The topological polar surface area (TPSA) is 96.0 Å². The molecule has 0 spiro atoms. The van der Waals surface area contributed by atoms with Gasteiger partial charge >= 0.3 is 0 Å². The van der Waals surface area contributed by atoms with E-state index in [0.717, 1.165) is 15.9 Å². The number of carbonyl (C=O) groups is 2. The molecule has 3 aromatic rings. The summed E-state index contributed by atoms with van der Waals surface area (Å²) < 4.78 is 48.3. The Morgan fingerprint density at radius 2 is 1.71 bits per heavy atom. The number of amides is 2. The number of rotatable bonds is 11. The van der Waals surface area contributed by atoms with Gasteiger partial charge in [0, 0.05) is 13.1 Å². The molecule has 202 valence electrons. The van der Waals surface area contributed by atoms with Crippen molar-refractivity contribution in [1.82, 2.24) is 10.2 Å². The number of likely N-dealkylation sites (N-methyl/N-ethyl adjacent to an activating group) is 1. The molecule has 0 heterocycles. The van der Waals surface area contributed by atoms with Crippen molar-refractivity contribution in [1.29, 1.82) is 0 Å². The van der Waals surface area contributed by atoms with Crippen molar-refractivity contribution in [2.45, 2.75) is 38.3 Å². The number of hydrogen-bond acceptors (Lipinski definition) is 5. The fourth-order valence-electron chi connectivity index (χ4n) is 3.88. The Hall–Kier alpha value is -3.92. The molecule has 1 N–H and O–H groups in total. The molecule has 0 fully saturated rings. The highest BCUT2D eigenvalue weighted by atomic mass is 32.2. The minimum atomic E-state index is -4.34. The molecule has 0 aliphatic carbocycles. The van der Waals surface area contributed by atoms with Crippen LogP contribution in [0.25, 0.3) is 0 Å². The maximum absolute atomic E-state index is 14.9. The summed E-state index contributed by atoms with van der Waals surface area (Å²) in [5, 5.41) is 2.70. The summed E-state index contributed by atoms with van der Waals surface area (Å²) in [6.45, 7) is 4.77. The Morgan fingerprint density at radius 1 is 1.03 bits per heavy atom. The number of benzene rings is 3. The Morgan fingerprint density at radius 3 is 2.34 bits per heavy atom. The van der Waals surface area contributed by atoms with Crippen LogP contribution in [0.5, 0.6) is 5.75 Å². The Kier molecular flexibility index (Phi) is 9.46. The summed E-state index contributed by atoms with van der Waals surface area (Å²) >= 11 is 0. The molecule has 38 heavy (non-hydrogen) atoms. The highest BCUT2D eigenvalue weighted by Crippen LogP contribution is 2.27. The van der Waals surface area contributed by atoms with Gasteiger partial charge in [0.15, 0.2) is 0 Å². The molecule has 0 saturated heterocycles. The van der Waals surface area contributed by atoms with Gasteiger partial charge in [-0.2, -0.15) is 0 Å². The molecule has 2 amide bonds. The van der Waals surface area contributed by atoms with Crippen molar-refractivity contribution >= 4 is 27.5 Å². The van der Waals surface area contributed by atoms with Gasteiger partial charge in [-0.1, -0.05) is 42.0 Å². The molecule has 1 atom stereocenters. The molecular weight excluding hydrogens is 509 g/mol. The second-order valence-corrected chi connectivity index (χ2v) is 10.6. The summed E-state index contributed by atoms with van der Waals surface area (Å²) in [5.41, 5.74) is 1.25. The zero-order chi connectivity index (χ0) is 27.9. The van der Waals surface area contributed by atoms with E-state index in [0.29, 0.717) is 17.9 Å². The van der Waals surface area contributed by atoms with Crippen molar-refractivity contribution < 1.29 is 27.1 Å². The van der Waals surface area contributed by atoms with Gasteiger partial charge in [0.05, 0.1) is 17.7 Å². The normalized spacial score (nSPS) is 11.9. The van der Waals surface area contributed by atoms with Crippen molar-refractivity contribution in [2.24, 2.45) is 0 Å². The molecule has 0 saturated carbocycles. The maximum Gasteiger partial charge on any atom is 0.264 e. The Labute approximate surface area is 223 Å². The van der Waals surface area contributed by atoms with Gasteiger partial charge in [0.25, 0.3) is 10.0 Å². The summed E-state index contributed by atoms with van der Waals surface area (Å²) in [4.78, 5) is 27.7. The summed E-state index contributed by atoms with van der Waals surface area (Å²) in [6.07, 6.45) is 0. The van der Waals surface area contributed by atoms with E-state index in [9.17, 15) is 22.4 Å². The molecule has 0 unspecified atom stereocenters. The first kappa shape index (κ1) is 28.6. The lowest BCUT2D eigenvalue weighted by atomic mass is 10.1. The molecule has 3 aromatic carbocycles. The first-order valence-electron chi connectivity index (χ1n) is 12.1. The first-order valence-corrected chi connectivity index (χ1v) is 13.6. The van der Waals surface area contributed by atoms with Crippen LogP contribution in [0, 0.1) is 12.7 Å². The molecule has 3 rings (SSSR count). The van der Waals surface area contributed by atoms with Crippen LogP contribution in [0.2, 0.25) is 0 Å². The smallest absolute Gasteiger partial charge is 0.264 e. The zero-order valence-electron chi connectivity index (χ0n) is 21.8. The molecule has 0 aliphatic rings. The van der Waals surface area contributed by atoms with E-state index >= 15 is 0 Å². The van der Waals surface area contributed by atoms with E-state index in [1.807, 2.05) is 6.92 Å². The quantitative estimate of drug-likeness (QED) is 0.397. The lowest BCUT2D eigenvalue weighted by Gasteiger charge is -2.32. The third kappa shape index (κ3) is 6.69. The fourth-order valence-corrected chi connectivity index (χ4v) is 5.30. The van der Waals surface area contributed by atoms with Crippen LogP contribution in [0.1, 0.15) is 25.0 Å². The van der Waals surface area contributed by atoms with Crippen LogP contribution in [0.3, 0.4) is 0 Å². The average molecular weight is 542 g/mol. The lowest BCUT2D eigenvalue weighted by Crippen LogP contribution is -2.51. The van der Waals surface area contributed by atoms with Gasteiger partial charge in [-0.05, 0) is 62.7 Å². The third-order valence-electron chi connectivity index (χ3n) is 6.01. The van der Waals surface area contributed by atoms with Gasteiger partial charge in [-0.3, -0.25) is 13.9 Å². The largest absolute Gasteiger partial charge is 0.497 e. The second kappa shape index (κ2) is 12.6. The third-order valence-corrected chi connectivity index (χ3v) is 7.79. The van der Waals surface area contributed by atoms with Crippen LogP contribution in [-0.4, -0.2) is 51.4 Å². The Bertz CT molecular complexity index is 1380. The highest BCUT2D eigenvalue weighted by molar-refractivity contribution is 7.92. The molecule has 8 nitrogen and oxygen atoms in total. The predicted molar refractivity (Wildman–Crippen MR) is 144 cm³/mol. The number of para-hydroxylation sites is 1. The molecule has 0 aliphatic heterocycles. The van der Waals surface area contributed by atoms with Crippen LogP contribution >= 0.6 is 0 Å². The van der Waals surface area contributed by atoms with Crippen LogP contribution in [0.15, 0.2) is 77.7 Å². The number of sulfonamides is 1. The van der Waals surface area contributed by atoms with E-state index in [-0.39, 0.29) is 17.1 Å². The van der Waals surface area contributed by atoms with E-state index in [4.69, 9.17) is 4.74 Å². The van der Waals surface area contributed by atoms with Gasteiger partial charge in [0.1, 0.15) is 24.2 Å². The second-order valence-electron chi connectivity index (χ2n) is 8.72. The predicted octanol–water partition coefficient (Wildman–Crippen LogP) is 3.89. The zero-order valence-corrected chi connectivity index (χ0v) is 22.7. The van der Waals surface area contributed by atoms with Crippen molar-refractivity contribution in [2.75, 3.05) is 24.5 Å². The van der Waals surface area contributed by atoms with Crippen LogP contribution < -0.4 is 14.4 Å². The standard InChI is InChI=1S/C28H32FN3O5S/c1-5-30-28(34)21(3)31(18-22-9-8-10-23(17-22)37-4)27(33)19-32(26-12-7-6-11-25(26)29)38(35,36)24-15-13-20(2)14-16-24/h6-17,21H,5,18-19H2,1-4H3,(H,30,34)/t21-/m1/s1. The first-order chi connectivity index (χ1) is 18.1. The summed E-state index contributed by atoms with van der Waals surface area (Å²) in [6, 6.07) is 17.5. The number of aryl methyl sites for hydroxylation is 1. The van der Waals surface area contributed by atoms with Gasteiger partial charge in [0.2, 0.25) is 11.8 Å². The lowest BCUT2D eigenvalue weighted by molar-refractivity contribution is -0.139. The van der Waals surface area contributed by atoms with E-state index in [1.54, 1.807) is 50.2 Å². The van der Waals surface area contributed by atoms with E-state index < -0.39 is 40.2 Å². The van der Waals surface area contributed by atoms with E-state index in [1.165, 1.54) is 42.3 Å². The molecule has 0 aromatic heterocycles. The van der Waals surface area contributed by atoms with Crippen LogP contribution in [-0.2, 0) is 26.2 Å². The number of ether oxygens (including phenoxy) is 1. The van der Waals surface area contributed by atoms with Crippen molar-refractivity contribution in [3.63, 3.8) is 0 Å². The number of carbonyl (C=O) groups excluding carboxylic acids is 2. The fraction of sp³-hybridized carbons (Fsp3) is 0.286. The van der Waals surface area contributed by atoms with Gasteiger partial charge in [-0.25, -0.2) is 12.8 Å². The van der Waals surface area contributed by atoms with Crippen molar-refractivity contribution in [3.05, 3.63) is 89.7 Å². The van der Waals surface area contributed by atoms with Gasteiger partial charge in [-0.15, -0.1) is 0 Å². The monoisotopic (exact) mass is 541 g/mol. The Balaban J connectivity index is 2.04. The molecule has 10 heteroatoms. The van der Waals surface area contributed by atoms with Gasteiger partial charge < -0.3 is 15.0 Å². The number of methoxy groups -OCH3 is 1. The van der Waals surface area contributed by atoms with E-state index in [2.05, 4.69) is 5.32 Å². The average Bonchev–Trinajstić information content (AvgIpc) is 2.90. The minimum Gasteiger partial charge on any atom is -0.497 e. The summed E-state index contributed by atoms with van der Waals surface area (Å²) in [7, 11) is -2.82. The molecular formula is C28H32FN3O5S. The number of halogens is 1. The minimum absolute atomic E-state index is 0.00399. The number of anilines is 1. The molecule has 0 bridgehead atoms. The number of nitrogens with zero attached hydrogens (tertiary/aromatic N) is 2. The molecule has 0 radical (unpaired) electrons. The van der Waals surface area contributed by atoms with Crippen molar-refractivity contribution in [3.8, 4) is 5.75 Å². The SMILES string of the molecule is CCNC(=O)[C@@H](C)N(Cc1cccc(OC)c1)C(=O)CN(c1ccccc1F)S(=O)(=O)c1ccc(C)cc1. The summed E-state index contributed by atoms with van der Waals surface area (Å²) in [5.74, 6) is -1.31.